The molecule has 0 aliphatic carbocycles. The van der Waals surface area contributed by atoms with Crippen molar-refractivity contribution in [2.45, 2.75) is 19.9 Å². The number of carbonyl (C=O) groups is 1. The van der Waals surface area contributed by atoms with Gasteiger partial charge in [0.1, 0.15) is 5.75 Å². The van der Waals surface area contributed by atoms with Crippen LogP contribution in [0.5, 0.6) is 5.75 Å². The minimum Gasteiger partial charge on any atom is -0.494 e. The summed E-state index contributed by atoms with van der Waals surface area (Å²) in [6.45, 7) is 4.40. The smallest absolute Gasteiger partial charge is 0.255 e. The van der Waals surface area contributed by atoms with Gasteiger partial charge >= 0.3 is 0 Å². The Morgan fingerprint density at radius 3 is 2.48 bits per heavy atom. The van der Waals surface area contributed by atoms with E-state index in [1.807, 2.05) is 62.4 Å². The van der Waals surface area contributed by atoms with Crippen molar-refractivity contribution in [1.29, 1.82) is 0 Å². The zero-order chi connectivity index (χ0) is 19.4. The fourth-order valence-electron chi connectivity index (χ4n) is 2.90. The molecular weight excluding hydrogens is 426 g/mol. The zero-order valence-electron chi connectivity index (χ0n) is 15.0. The van der Waals surface area contributed by atoms with Crippen LogP contribution in [0.3, 0.4) is 0 Å². The maximum Gasteiger partial charge on any atom is 0.255 e. The number of allylic oxidation sites excluding steroid dienone is 1. The molecule has 2 aromatic rings. The van der Waals surface area contributed by atoms with Crippen LogP contribution in [0, 0.1) is 0 Å². The van der Waals surface area contributed by atoms with Gasteiger partial charge in [-0.25, -0.2) is 0 Å². The van der Waals surface area contributed by atoms with E-state index in [9.17, 15) is 4.79 Å². The summed E-state index contributed by atoms with van der Waals surface area (Å²) in [5.74, 6) is 0.607. The van der Waals surface area contributed by atoms with Crippen LogP contribution in [0.2, 0.25) is 0 Å². The number of rotatable bonds is 5. The molecule has 0 aromatic heterocycles. The summed E-state index contributed by atoms with van der Waals surface area (Å²) in [5.41, 5.74) is 2.98. The van der Waals surface area contributed by atoms with Gasteiger partial charge in [0.25, 0.3) is 5.91 Å². The number of nitrogens with one attached hydrogen (secondary N) is 3. The molecular formula is C20H20BrN3O2S. The van der Waals surface area contributed by atoms with Crippen molar-refractivity contribution in [3.8, 4) is 5.75 Å². The number of amides is 1. The van der Waals surface area contributed by atoms with Crippen LogP contribution in [0.25, 0.3) is 0 Å². The SMILES string of the molecule is CCOc1ccc([C@@H]2NC(=S)NC(C)=C2C(=O)Nc2ccc(Br)cc2)cc1. The van der Waals surface area contributed by atoms with Crippen LogP contribution < -0.4 is 20.7 Å². The molecule has 27 heavy (non-hydrogen) atoms. The number of anilines is 1. The van der Waals surface area contributed by atoms with Crippen molar-refractivity contribution in [2.75, 3.05) is 11.9 Å². The largest absolute Gasteiger partial charge is 0.494 e. The summed E-state index contributed by atoms with van der Waals surface area (Å²) in [6, 6.07) is 14.8. The molecule has 1 atom stereocenters. The topological polar surface area (TPSA) is 62.4 Å². The lowest BCUT2D eigenvalue weighted by Gasteiger charge is -2.30. The molecule has 0 saturated heterocycles. The molecule has 3 rings (SSSR count). The highest BCUT2D eigenvalue weighted by Crippen LogP contribution is 2.29. The van der Waals surface area contributed by atoms with Gasteiger partial charge in [0.05, 0.1) is 18.2 Å². The van der Waals surface area contributed by atoms with Crippen molar-refractivity contribution >= 4 is 44.9 Å². The fourth-order valence-corrected chi connectivity index (χ4v) is 3.43. The first-order chi connectivity index (χ1) is 13.0. The van der Waals surface area contributed by atoms with Gasteiger partial charge in [-0.15, -0.1) is 0 Å². The third-order valence-electron chi connectivity index (χ3n) is 4.14. The van der Waals surface area contributed by atoms with Crippen LogP contribution in [-0.2, 0) is 4.79 Å². The van der Waals surface area contributed by atoms with Crippen LogP contribution >= 0.6 is 28.1 Å². The van der Waals surface area contributed by atoms with E-state index in [-0.39, 0.29) is 11.9 Å². The Balaban J connectivity index is 1.89. The first kappa shape index (κ1) is 19.4. The summed E-state index contributed by atoms with van der Waals surface area (Å²) in [6.07, 6.45) is 0. The standard InChI is InChI=1S/C20H20BrN3O2S/c1-3-26-16-10-4-13(5-11-16)18-17(12(2)22-20(27)24-18)19(25)23-15-8-6-14(21)7-9-15/h4-11,18H,3H2,1-2H3,(H,23,25)(H2,22,24,27)/t18-/m0/s1. The first-order valence-electron chi connectivity index (χ1n) is 8.56. The van der Waals surface area contributed by atoms with Gasteiger partial charge in [-0.05, 0) is 68.0 Å². The van der Waals surface area contributed by atoms with E-state index in [2.05, 4.69) is 31.9 Å². The quantitative estimate of drug-likeness (QED) is 0.599. The second-order valence-corrected chi connectivity index (χ2v) is 7.36. The minimum absolute atomic E-state index is 0.184. The van der Waals surface area contributed by atoms with Gasteiger partial charge in [0.2, 0.25) is 0 Å². The summed E-state index contributed by atoms with van der Waals surface area (Å²) in [5, 5.41) is 9.68. The van der Waals surface area contributed by atoms with E-state index in [1.165, 1.54) is 0 Å². The van der Waals surface area contributed by atoms with Crippen molar-refractivity contribution in [3.63, 3.8) is 0 Å². The number of thiocarbonyl (C=S) groups is 1. The molecule has 1 heterocycles. The van der Waals surface area contributed by atoms with Crippen LogP contribution in [0.15, 0.2) is 64.3 Å². The summed E-state index contributed by atoms with van der Waals surface area (Å²) in [7, 11) is 0. The Morgan fingerprint density at radius 2 is 1.85 bits per heavy atom. The lowest BCUT2D eigenvalue weighted by atomic mass is 9.95. The third kappa shape index (κ3) is 4.67. The Kier molecular flexibility index (Phi) is 6.13. The highest BCUT2D eigenvalue weighted by Gasteiger charge is 2.29. The monoisotopic (exact) mass is 445 g/mol. The summed E-state index contributed by atoms with van der Waals surface area (Å²) < 4.78 is 6.45. The Morgan fingerprint density at radius 1 is 1.19 bits per heavy atom. The fraction of sp³-hybridized carbons (Fsp3) is 0.200. The predicted molar refractivity (Wildman–Crippen MR) is 115 cm³/mol. The molecule has 140 valence electrons. The number of ether oxygens (including phenoxy) is 1. The summed E-state index contributed by atoms with van der Waals surface area (Å²) >= 11 is 8.69. The van der Waals surface area contributed by atoms with E-state index in [0.29, 0.717) is 17.3 Å². The molecule has 0 saturated carbocycles. The molecule has 5 nitrogen and oxygen atoms in total. The molecule has 0 spiro atoms. The van der Waals surface area contributed by atoms with Gasteiger partial charge < -0.3 is 20.7 Å². The molecule has 0 unspecified atom stereocenters. The average molecular weight is 446 g/mol. The molecule has 1 aliphatic rings. The van der Waals surface area contributed by atoms with Crippen molar-refractivity contribution < 1.29 is 9.53 Å². The lowest BCUT2D eigenvalue weighted by molar-refractivity contribution is -0.113. The molecule has 7 heteroatoms. The highest BCUT2D eigenvalue weighted by molar-refractivity contribution is 9.10. The lowest BCUT2D eigenvalue weighted by Crippen LogP contribution is -2.45. The average Bonchev–Trinajstić information content (AvgIpc) is 2.64. The first-order valence-corrected chi connectivity index (χ1v) is 9.76. The Hall–Kier alpha value is -2.38. The van der Waals surface area contributed by atoms with E-state index >= 15 is 0 Å². The van der Waals surface area contributed by atoms with E-state index in [4.69, 9.17) is 17.0 Å². The second-order valence-electron chi connectivity index (χ2n) is 6.03. The maximum absolute atomic E-state index is 13.0. The van der Waals surface area contributed by atoms with Crippen LogP contribution in [-0.4, -0.2) is 17.6 Å². The van der Waals surface area contributed by atoms with Crippen molar-refractivity contribution in [3.05, 3.63) is 69.8 Å². The van der Waals surface area contributed by atoms with E-state index < -0.39 is 0 Å². The normalized spacial score (nSPS) is 16.4. The molecule has 2 aromatic carbocycles. The number of halogens is 1. The maximum atomic E-state index is 13.0. The Bertz CT molecular complexity index is 879. The van der Waals surface area contributed by atoms with Gasteiger partial charge in [0.15, 0.2) is 5.11 Å². The van der Waals surface area contributed by atoms with Gasteiger partial charge in [-0.1, -0.05) is 28.1 Å². The highest BCUT2D eigenvalue weighted by atomic mass is 79.9. The predicted octanol–water partition coefficient (Wildman–Crippen LogP) is 4.28. The van der Waals surface area contributed by atoms with Gasteiger partial charge in [-0.3, -0.25) is 4.79 Å². The third-order valence-corrected chi connectivity index (χ3v) is 4.89. The van der Waals surface area contributed by atoms with Crippen molar-refractivity contribution in [2.24, 2.45) is 0 Å². The number of benzene rings is 2. The molecule has 0 fully saturated rings. The zero-order valence-corrected chi connectivity index (χ0v) is 17.4. The molecule has 0 radical (unpaired) electrons. The van der Waals surface area contributed by atoms with Crippen LogP contribution in [0.1, 0.15) is 25.5 Å². The van der Waals surface area contributed by atoms with Crippen molar-refractivity contribution in [1.82, 2.24) is 10.6 Å². The minimum atomic E-state index is -0.343. The molecule has 3 N–H and O–H groups in total. The van der Waals surface area contributed by atoms with Crippen LogP contribution in [0.4, 0.5) is 5.69 Å². The number of carbonyl (C=O) groups excluding carboxylic acids is 1. The van der Waals surface area contributed by atoms with E-state index in [0.717, 1.165) is 27.2 Å². The molecule has 0 bridgehead atoms. The molecule has 1 amide bonds. The van der Waals surface area contributed by atoms with Gasteiger partial charge in [-0.2, -0.15) is 0 Å². The Labute approximate surface area is 172 Å². The molecule has 1 aliphatic heterocycles. The van der Waals surface area contributed by atoms with E-state index in [1.54, 1.807) is 0 Å². The summed E-state index contributed by atoms with van der Waals surface area (Å²) in [4.78, 5) is 13.0. The second kappa shape index (κ2) is 8.54. The van der Waals surface area contributed by atoms with Gasteiger partial charge in [0, 0.05) is 15.9 Å². The number of hydrogen-bond donors (Lipinski definition) is 3. The number of hydrogen-bond acceptors (Lipinski definition) is 3.